The standard InChI is InChI=1S/C15H15ClN2O3S/c1-3-9-6-13(22-8(9)2)15(21)18-17-14(20)11-7-10(16)4-5-12(11)19/h4-7,19H,3H2,1-2H3,(H,17,20)(H,18,21). The average molecular weight is 339 g/mol. The minimum Gasteiger partial charge on any atom is -0.507 e. The second kappa shape index (κ2) is 6.81. The van der Waals surface area contributed by atoms with E-state index < -0.39 is 11.8 Å². The third kappa shape index (κ3) is 3.58. The van der Waals surface area contributed by atoms with Crippen LogP contribution in [0.15, 0.2) is 24.3 Å². The molecule has 0 aliphatic rings. The molecule has 0 saturated heterocycles. The average Bonchev–Trinajstić information content (AvgIpc) is 2.88. The molecular formula is C15H15ClN2O3S. The van der Waals surface area contributed by atoms with Crippen LogP contribution in [-0.4, -0.2) is 16.9 Å². The van der Waals surface area contributed by atoms with Crippen LogP contribution in [0, 0.1) is 6.92 Å². The van der Waals surface area contributed by atoms with Gasteiger partial charge in [-0.25, -0.2) is 0 Å². The van der Waals surface area contributed by atoms with Crippen LogP contribution in [0.1, 0.15) is 37.4 Å². The monoisotopic (exact) mass is 338 g/mol. The Hall–Kier alpha value is -2.05. The lowest BCUT2D eigenvalue weighted by molar-refractivity contribution is 0.0847. The molecule has 0 saturated carbocycles. The maximum absolute atomic E-state index is 12.0. The van der Waals surface area contributed by atoms with E-state index in [4.69, 9.17) is 11.6 Å². The number of hydrazine groups is 1. The molecule has 0 bridgehead atoms. The molecule has 0 aliphatic carbocycles. The number of carbonyl (C=O) groups is 2. The number of phenolic OH excluding ortho intramolecular Hbond substituents is 1. The lowest BCUT2D eigenvalue weighted by Crippen LogP contribution is -2.41. The number of amides is 2. The fraction of sp³-hybridized carbons (Fsp3) is 0.200. The number of hydrogen-bond acceptors (Lipinski definition) is 4. The minimum atomic E-state index is -0.641. The highest BCUT2D eigenvalue weighted by Gasteiger charge is 2.15. The SMILES string of the molecule is CCc1cc(C(=O)NNC(=O)c2cc(Cl)ccc2O)sc1C. The number of aromatic hydroxyl groups is 1. The number of nitrogens with one attached hydrogen (secondary N) is 2. The summed E-state index contributed by atoms with van der Waals surface area (Å²) in [6.45, 7) is 3.96. The zero-order chi connectivity index (χ0) is 16.3. The molecule has 116 valence electrons. The van der Waals surface area contributed by atoms with Crippen molar-refractivity contribution in [2.45, 2.75) is 20.3 Å². The number of phenols is 1. The number of carbonyl (C=O) groups excluding carboxylic acids is 2. The Morgan fingerprint density at radius 1 is 1.23 bits per heavy atom. The highest BCUT2D eigenvalue weighted by molar-refractivity contribution is 7.14. The van der Waals surface area contributed by atoms with Crippen molar-refractivity contribution in [2.75, 3.05) is 0 Å². The van der Waals surface area contributed by atoms with E-state index in [0.29, 0.717) is 9.90 Å². The number of aryl methyl sites for hydroxylation is 2. The van der Waals surface area contributed by atoms with E-state index in [0.717, 1.165) is 16.9 Å². The van der Waals surface area contributed by atoms with Crippen molar-refractivity contribution in [3.05, 3.63) is 50.2 Å². The molecule has 22 heavy (non-hydrogen) atoms. The Balaban J connectivity index is 2.04. The largest absolute Gasteiger partial charge is 0.507 e. The molecule has 1 heterocycles. The van der Waals surface area contributed by atoms with Gasteiger partial charge in [0.05, 0.1) is 10.4 Å². The molecule has 7 heteroatoms. The highest BCUT2D eigenvalue weighted by Crippen LogP contribution is 2.22. The van der Waals surface area contributed by atoms with Crippen molar-refractivity contribution in [1.82, 2.24) is 10.9 Å². The van der Waals surface area contributed by atoms with Crippen LogP contribution in [0.2, 0.25) is 5.02 Å². The van der Waals surface area contributed by atoms with Crippen LogP contribution in [-0.2, 0) is 6.42 Å². The Bertz CT molecular complexity index is 728. The molecule has 2 aromatic rings. The topological polar surface area (TPSA) is 78.4 Å². The van der Waals surface area contributed by atoms with E-state index in [1.165, 1.54) is 29.5 Å². The van der Waals surface area contributed by atoms with Crippen LogP contribution in [0.25, 0.3) is 0 Å². The van der Waals surface area contributed by atoms with Gasteiger partial charge in [0.1, 0.15) is 5.75 Å². The summed E-state index contributed by atoms with van der Waals surface area (Å²) >= 11 is 7.15. The van der Waals surface area contributed by atoms with Gasteiger partial charge in [0, 0.05) is 9.90 Å². The number of thiophene rings is 1. The first kappa shape index (κ1) is 16.3. The van der Waals surface area contributed by atoms with Gasteiger partial charge >= 0.3 is 0 Å². The van der Waals surface area contributed by atoms with Gasteiger partial charge in [-0.1, -0.05) is 18.5 Å². The second-order valence-electron chi connectivity index (χ2n) is 4.62. The Kier molecular flexibility index (Phi) is 5.05. The molecular weight excluding hydrogens is 324 g/mol. The van der Waals surface area contributed by atoms with Crippen molar-refractivity contribution in [3.8, 4) is 5.75 Å². The van der Waals surface area contributed by atoms with Gasteiger partial charge in [-0.05, 0) is 43.2 Å². The molecule has 2 amide bonds. The maximum atomic E-state index is 12.0. The highest BCUT2D eigenvalue weighted by atomic mass is 35.5. The van der Waals surface area contributed by atoms with Crippen molar-refractivity contribution in [1.29, 1.82) is 0 Å². The molecule has 0 atom stereocenters. The van der Waals surface area contributed by atoms with Crippen molar-refractivity contribution in [3.63, 3.8) is 0 Å². The van der Waals surface area contributed by atoms with Crippen LogP contribution >= 0.6 is 22.9 Å². The summed E-state index contributed by atoms with van der Waals surface area (Å²) in [5.41, 5.74) is 5.68. The molecule has 3 N–H and O–H groups in total. The Labute approximate surface area is 136 Å². The van der Waals surface area contributed by atoms with Gasteiger partial charge in [-0.3, -0.25) is 20.4 Å². The first-order chi connectivity index (χ1) is 10.4. The summed E-state index contributed by atoms with van der Waals surface area (Å²) in [4.78, 5) is 25.5. The second-order valence-corrected chi connectivity index (χ2v) is 6.31. The van der Waals surface area contributed by atoms with Crippen LogP contribution in [0.5, 0.6) is 5.75 Å². The van der Waals surface area contributed by atoms with Crippen LogP contribution < -0.4 is 10.9 Å². The Morgan fingerprint density at radius 2 is 1.91 bits per heavy atom. The van der Waals surface area contributed by atoms with E-state index in [1.807, 2.05) is 13.8 Å². The first-order valence-corrected chi connectivity index (χ1v) is 7.80. The molecule has 0 unspecified atom stereocenters. The predicted molar refractivity (Wildman–Crippen MR) is 86.5 cm³/mol. The third-order valence-electron chi connectivity index (χ3n) is 3.12. The molecule has 5 nitrogen and oxygen atoms in total. The minimum absolute atomic E-state index is 0.00981. The summed E-state index contributed by atoms with van der Waals surface area (Å²) in [5.74, 6) is -1.25. The van der Waals surface area contributed by atoms with E-state index >= 15 is 0 Å². The maximum Gasteiger partial charge on any atom is 0.279 e. The molecule has 0 fully saturated rings. The fourth-order valence-electron chi connectivity index (χ4n) is 1.92. The predicted octanol–water partition coefficient (Wildman–Crippen LogP) is 3.05. The van der Waals surface area contributed by atoms with Crippen LogP contribution in [0.3, 0.4) is 0 Å². The first-order valence-electron chi connectivity index (χ1n) is 6.61. The third-order valence-corrected chi connectivity index (χ3v) is 4.44. The molecule has 1 aromatic heterocycles. The van der Waals surface area contributed by atoms with Gasteiger partial charge < -0.3 is 5.11 Å². The fourth-order valence-corrected chi connectivity index (χ4v) is 3.10. The number of hydrogen-bond donors (Lipinski definition) is 3. The van der Waals surface area contributed by atoms with Crippen LogP contribution in [0.4, 0.5) is 0 Å². The van der Waals surface area contributed by atoms with Crippen molar-refractivity contribution >= 4 is 34.8 Å². The zero-order valence-corrected chi connectivity index (χ0v) is 13.6. The number of halogens is 1. The van der Waals surface area contributed by atoms with Gasteiger partial charge in [-0.15, -0.1) is 11.3 Å². The van der Waals surface area contributed by atoms with Crippen molar-refractivity contribution < 1.29 is 14.7 Å². The molecule has 0 radical (unpaired) electrons. The normalized spacial score (nSPS) is 10.3. The van der Waals surface area contributed by atoms with E-state index in [2.05, 4.69) is 10.9 Å². The summed E-state index contributed by atoms with van der Waals surface area (Å²) < 4.78 is 0. The molecule has 0 spiro atoms. The molecule has 1 aromatic carbocycles. The van der Waals surface area contributed by atoms with Gasteiger partial charge in [0.2, 0.25) is 0 Å². The number of rotatable bonds is 3. The van der Waals surface area contributed by atoms with E-state index in [1.54, 1.807) is 6.07 Å². The van der Waals surface area contributed by atoms with Gasteiger partial charge in [0.25, 0.3) is 11.8 Å². The quantitative estimate of drug-likeness (QED) is 0.753. The zero-order valence-electron chi connectivity index (χ0n) is 12.1. The van der Waals surface area contributed by atoms with E-state index in [9.17, 15) is 14.7 Å². The summed E-state index contributed by atoms with van der Waals surface area (Å²) in [6.07, 6.45) is 0.846. The molecule has 0 aliphatic heterocycles. The van der Waals surface area contributed by atoms with Gasteiger partial charge in [0.15, 0.2) is 0 Å². The summed E-state index contributed by atoms with van der Waals surface area (Å²) in [5, 5.41) is 9.94. The van der Waals surface area contributed by atoms with E-state index in [-0.39, 0.29) is 11.3 Å². The van der Waals surface area contributed by atoms with Crippen molar-refractivity contribution in [2.24, 2.45) is 0 Å². The molecule has 2 rings (SSSR count). The summed E-state index contributed by atoms with van der Waals surface area (Å²) in [7, 11) is 0. The number of benzene rings is 1. The summed E-state index contributed by atoms with van der Waals surface area (Å²) in [6, 6.07) is 5.91. The Morgan fingerprint density at radius 3 is 2.55 bits per heavy atom. The lowest BCUT2D eigenvalue weighted by Gasteiger charge is -2.08. The van der Waals surface area contributed by atoms with Gasteiger partial charge in [-0.2, -0.15) is 0 Å². The lowest BCUT2D eigenvalue weighted by atomic mass is 10.2. The smallest absolute Gasteiger partial charge is 0.279 e.